The molecule has 0 fully saturated rings. The highest BCUT2D eigenvalue weighted by Crippen LogP contribution is 2.52. The molecule has 0 unspecified atom stereocenters. The van der Waals surface area contributed by atoms with Crippen LogP contribution in [0, 0.1) is 0 Å². The Morgan fingerprint density at radius 3 is 1.97 bits per heavy atom. The lowest BCUT2D eigenvalue weighted by Crippen LogP contribution is -2.38. The average molecular weight is 525 g/mol. The highest BCUT2D eigenvalue weighted by Gasteiger charge is 2.39. The highest BCUT2D eigenvalue weighted by atomic mass is 31.2. The minimum Gasteiger partial charge on any atom is -0.497 e. The molecule has 1 aliphatic rings. The number of carbonyl (C=O) groups is 1. The first-order valence-corrected chi connectivity index (χ1v) is 13.0. The van der Waals surface area contributed by atoms with E-state index >= 15 is 0 Å². The van der Waals surface area contributed by atoms with Crippen molar-refractivity contribution in [1.82, 2.24) is 4.90 Å². The first kappa shape index (κ1) is 26.1. The number of hydrogen-bond acceptors (Lipinski definition) is 8. The van der Waals surface area contributed by atoms with Gasteiger partial charge in [0.15, 0.2) is 0 Å². The van der Waals surface area contributed by atoms with Gasteiger partial charge in [0.1, 0.15) is 17.2 Å². The van der Waals surface area contributed by atoms with E-state index in [1.54, 1.807) is 73.8 Å². The van der Waals surface area contributed by atoms with Crippen molar-refractivity contribution in [1.29, 1.82) is 0 Å². The molecule has 1 amide bonds. The molecule has 3 aromatic carbocycles. The molecular formula is C27H28NO8P. The van der Waals surface area contributed by atoms with Gasteiger partial charge in [0, 0.05) is 12.6 Å². The number of rotatable bonds is 10. The number of carbonyl (C=O) groups excluding carboxylic acids is 1. The summed E-state index contributed by atoms with van der Waals surface area (Å²) < 4.78 is 47.2. The molecule has 3 aromatic rings. The number of phosphoric acid groups is 1. The van der Waals surface area contributed by atoms with Crippen molar-refractivity contribution in [2.24, 2.45) is 0 Å². The average Bonchev–Trinajstić information content (AvgIpc) is 2.92. The second-order valence-electron chi connectivity index (χ2n) is 7.96. The maximum Gasteiger partial charge on any atom is 0.648 e. The summed E-state index contributed by atoms with van der Waals surface area (Å²) in [5, 5.41) is 0. The summed E-state index contributed by atoms with van der Waals surface area (Å²) in [6.45, 7) is 0.526. The minimum absolute atomic E-state index is 0.0481. The van der Waals surface area contributed by atoms with Crippen LogP contribution in [0.25, 0.3) is 0 Å². The smallest absolute Gasteiger partial charge is 0.497 e. The van der Waals surface area contributed by atoms with Crippen LogP contribution in [0.4, 0.5) is 4.79 Å². The lowest BCUT2D eigenvalue weighted by atomic mass is 10.1. The second-order valence-corrected chi connectivity index (χ2v) is 9.40. The summed E-state index contributed by atoms with van der Waals surface area (Å²) in [5.41, 5.74) is 0.942. The first-order chi connectivity index (χ1) is 18.0. The molecule has 0 saturated carbocycles. The number of phosphoric ester groups is 1. The quantitative estimate of drug-likeness (QED) is 0.290. The van der Waals surface area contributed by atoms with E-state index in [1.165, 1.54) is 12.0 Å². The van der Waals surface area contributed by atoms with Crippen LogP contribution in [0.15, 0.2) is 96.9 Å². The van der Waals surface area contributed by atoms with E-state index in [0.29, 0.717) is 13.0 Å². The van der Waals surface area contributed by atoms with Crippen LogP contribution in [0.5, 0.6) is 17.2 Å². The molecule has 1 aliphatic heterocycles. The SMILES string of the molecule is COC(=O)N1CC[C@@H](OCc2ccc(OC)cc2)C=C1OP(=O)(Oc1ccccc1)Oc1ccccc1. The normalized spacial score (nSPS) is 15.4. The van der Waals surface area contributed by atoms with Gasteiger partial charge in [-0.3, -0.25) is 0 Å². The molecule has 9 nitrogen and oxygen atoms in total. The predicted molar refractivity (Wildman–Crippen MR) is 136 cm³/mol. The molecule has 0 aromatic heterocycles. The van der Waals surface area contributed by atoms with E-state index in [4.69, 9.17) is 27.8 Å². The summed E-state index contributed by atoms with van der Waals surface area (Å²) in [6, 6.07) is 24.5. The van der Waals surface area contributed by atoms with Gasteiger partial charge in [-0.05, 0) is 48.4 Å². The number of methoxy groups -OCH3 is 2. The predicted octanol–water partition coefficient (Wildman–Crippen LogP) is 6.18. The van der Waals surface area contributed by atoms with Crippen LogP contribution in [0.3, 0.4) is 0 Å². The first-order valence-electron chi connectivity index (χ1n) is 11.6. The molecule has 0 N–H and O–H groups in total. The third-order valence-corrected chi connectivity index (χ3v) is 6.66. The lowest BCUT2D eigenvalue weighted by Gasteiger charge is -2.31. The van der Waals surface area contributed by atoms with Crippen LogP contribution in [0.2, 0.25) is 0 Å². The van der Waals surface area contributed by atoms with Gasteiger partial charge in [0.05, 0.1) is 26.9 Å². The number of hydrogen-bond donors (Lipinski definition) is 0. The van der Waals surface area contributed by atoms with Crippen molar-refractivity contribution < 1.29 is 37.1 Å². The van der Waals surface area contributed by atoms with Crippen molar-refractivity contribution in [3.63, 3.8) is 0 Å². The fourth-order valence-corrected chi connectivity index (χ4v) is 4.78. The minimum atomic E-state index is -4.32. The fraction of sp³-hybridized carbons (Fsp3) is 0.222. The third kappa shape index (κ3) is 7.29. The van der Waals surface area contributed by atoms with Crippen molar-refractivity contribution in [3.8, 4) is 17.2 Å². The molecule has 0 spiro atoms. The Labute approximate surface area is 215 Å². The van der Waals surface area contributed by atoms with E-state index in [1.807, 2.05) is 24.3 Å². The molecule has 1 atom stereocenters. The van der Waals surface area contributed by atoms with Gasteiger partial charge in [0.25, 0.3) is 0 Å². The van der Waals surface area contributed by atoms with Crippen molar-refractivity contribution in [2.75, 3.05) is 20.8 Å². The van der Waals surface area contributed by atoms with Crippen molar-refractivity contribution >= 4 is 13.9 Å². The number of ether oxygens (including phenoxy) is 3. The van der Waals surface area contributed by atoms with Gasteiger partial charge in [-0.15, -0.1) is 0 Å². The summed E-state index contributed by atoms with van der Waals surface area (Å²) in [6.07, 6.45) is 0.937. The van der Waals surface area contributed by atoms with Gasteiger partial charge in [0.2, 0.25) is 5.88 Å². The lowest BCUT2D eigenvalue weighted by molar-refractivity contribution is 0.0368. The Hall–Kier alpha value is -3.94. The Bertz CT molecular complexity index is 1190. The second kappa shape index (κ2) is 12.3. The zero-order valence-electron chi connectivity index (χ0n) is 20.5. The van der Waals surface area contributed by atoms with Gasteiger partial charge in [-0.2, -0.15) is 4.57 Å². The van der Waals surface area contributed by atoms with Crippen LogP contribution in [-0.4, -0.2) is 37.9 Å². The van der Waals surface area contributed by atoms with E-state index in [2.05, 4.69) is 0 Å². The highest BCUT2D eigenvalue weighted by molar-refractivity contribution is 7.49. The molecule has 0 aliphatic carbocycles. The van der Waals surface area contributed by atoms with Crippen LogP contribution < -0.4 is 13.8 Å². The molecule has 194 valence electrons. The van der Waals surface area contributed by atoms with Crippen LogP contribution in [-0.2, 0) is 25.2 Å². The van der Waals surface area contributed by atoms with Crippen LogP contribution >= 0.6 is 7.82 Å². The molecular weight excluding hydrogens is 497 g/mol. The standard InChI is InChI=1S/C27H28NO8P/c1-31-22-15-13-21(14-16-22)20-33-25-17-18-28(27(29)32-2)26(19-25)36-37(30,34-23-9-5-3-6-10-23)35-24-11-7-4-8-12-24/h3-16,19,25H,17-18,20H2,1-2H3/t25-/m1/s1. The van der Waals surface area contributed by atoms with Gasteiger partial charge >= 0.3 is 13.9 Å². The Balaban J connectivity index is 1.57. The molecule has 1 heterocycles. The zero-order valence-corrected chi connectivity index (χ0v) is 21.4. The largest absolute Gasteiger partial charge is 0.648 e. The van der Waals surface area contributed by atoms with Gasteiger partial charge in [-0.1, -0.05) is 48.5 Å². The third-order valence-electron chi connectivity index (χ3n) is 5.38. The van der Waals surface area contributed by atoms with E-state index in [9.17, 15) is 9.36 Å². The number of benzene rings is 3. The molecule has 10 heteroatoms. The van der Waals surface area contributed by atoms with Gasteiger partial charge < -0.3 is 27.8 Å². The van der Waals surface area contributed by atoms with E-state index in [0.717, 1.165) is 11.3 Å². The fourth-order valence-electron chi connectivity index (χ4n) is 3.52. The Morgan fingerprint density at radius 2 is 1.43 bits per heavy atom. The van der Waals surface area contributed by atoms with E-state index < -0.39 is 20.0 Å². The van der Waals surface area contributed by atoms with Crippen LogP contribution in [0.1, 0.15) is 12.0 Å². The number of nitrogens with zero attached hydrogens (tertiary/aromatic N) is 1. The van der Waals surface area contributed by atoms with Crippen molar-refractivity contribution in [2.45, 2.75) is 19.1 Å². The summed E-state index contributed by atoms with van der Waals surface area (Å²) in [5.74, 6) is 1.25. The summed E-state index contributed by atoms with van der Waals surface area (Å²) in [4.78, 5) is 13.7. The summed E-state index contributed by atoms with van der Waals surface area (Å²) >= 11 is 0. The molecule has 37 heavy (non-hydrogen) atoms. The monoisotopic (exact) mass is 525 g/mol. The molecule has 0 saturated heterocycles. The topological polar surface area (TPSA) is 92.8 Å². The summed E-state index contributed by atoms with van der Waals surface area (Å²) in [7, 11) is -1.46. The maximum absolute atomic E-state index is 13.9. The number of para-hydroxylation sites is 2. The van der Waals surface area contributed by atoms with Gasteiger partial charge in [-0.25, -0.2) is 9.69 Å². The molecule has 4 rings (SSSR count). The molecule has 0 radical (unpaired) electrons. The van der Waals surface area contributed by atoms with E-state index in [-0.39, 0.29) is 23.9 Å². The Morgan fingerprint density at radius 1 is 0.838 bits per heavy atom. The van der Waals surface area contributed by atoms with Crippen molar-refractivity contribution in [3.05, 3.63) is 102 Å². The zero-order chi connectivity index (χ0) is 26.1. The number of amides is 1. The molecule has 0 bridgehead atoms. The maximum atomic E-state index is 13.9. The Kier molecular flexibility index (Phi) is 8.72.